The maximum atomic E-state index is 11.0. The standard InChI is InChI=1S/C9H17NO/c1-2-10-7-3-5-9(11)6-4-8-10/h2-8H2,1H3. The Kier molecular flexibility index (Phi) is 3.57. The van der Waals surface area contributed by atoms with Crippen LogP contribution in [0.5, 0.6) is 0 Å². The summed E-state index contributed by atoms with van der Waals surface area (Å²) in [6.45, 7) is 5.54. The predicted molar refractivity (Wildman–Crippen MR) is 45.6 cm³/mol. The summed E-state index contributed by atoms with van der Waals surface area (Å²) in [6, 6.07) is 0. The van der Waals surface area contributed by atoms with Crippen molar-refractivity contribution in [3.63, 3.8) is 0 Å². The molecule has 0 aromatic carbocycles. The molecule has 0 aromatic heterocycles. The number of hydrogen-bond donors (Lipinski definition) is 0. The number of rotatable bonds is 1. The van der Waals surface area contributed by atoms with E-state index in [9.17, 15) is 4.79 Å². The quantitative estimate of drug-likeness (QED) is 0.571. The van der Waals surface area contributed by atoms with E-state index in [1.807, 2.05) is 0 Å². The number of hydrogen-bond acceptors (Lipinski definition) is 2. The fraction of sp³-hybridized carbons (Fsp3) is 0.889. The molecule has 0 atom stereocenters. The van der Waals surface area contributed by atoms with E-state index < -0.39 is 0 Å². The van der Waals surface area contributed by atoms with E-state index in [1.54, 1.807) is 0 Å². The molecule has 64 valence electrons. The Bertz CT molecular complexity index is 122. The lowest BCUT2D eigenvalue weighted by atomic mass is 10.1. The highest BCUT2D eigenvalue weighted by Gasteiger charge is 2.09. The van der Waals surface area contributed by atoms with Gasteiger partial charge in [0.1, 0.15) is 5.78 Å². The van der Waals surface area contributed by atoms with Crippen LogP contribution >= 0.6 is 0 Å². The van der Waals surface area contributed by atoms with Crippen LogP contribution in [0, 0.1) is 0 Å². The van der Waals surface area contributed by atoms with E-state index >= 15 is 0 Å². The van der Waals surface area contributed by atoms with Crippen molar-refractivity contribution in [3.05, 3.63) is 0 Å². The summed E-state index contributed by atoms with van der Waals surface area (Å²) < 4.78 is 0. The summed E-state index contributed by atoms with van der Waals surface area (Å²) in [6.07, 6.45) is 3.73. The molecule has 0 N–H and O–H groups in total. The third kappa shape index (κ3) is 3.02. The number of Topliss-reactive ketones (excluding diaryl/α,β-unsaturated/α-hetero) is 1. The average molecular weight is 155 g/mol. The van der Waals surface area contributed by atoms with Crippen molar-refractivity contribution in [2.24, 2.45) is 0 Å². The van der Waals surface area contributed by atoms with E-state index in [4.69, 9.17) is 0 Å². The van der Waals surface area contributed by atoms with Crippen LogP contribution in [0.1, 0.15) is 32.6 Å². The number of likely N-dealkylation sites (tertiary alicyclic amines) is 1. The molecule has 1 rings (SSSR count). The summed E-state index contributed by atoms with van der Waals surface area (Å²) in [4.78, 5) is 13.4. The van der Waals surface area contributed by atoms with Gasteiger partial charge in [0.05, 0.1) is 0 Å². The molecule has 0 aromatic rings. The molecule has 2 heteroatoms. The van der Waals surface area contributed by atoms with Crippen LogP contribution in [0.25, 0.3) is 0 Å². The minimum atomic E-state index is 0.459. The number of carbonyl (C=O) groups excluding carboxylic acids is 1. The van der Waals surface area contributed by atoms with Crippen LogP contribution in [-0.4, -0.2) is 30.3 Å². The zero-order valence-electron chi connectivity index (χ0n) is 7.31. The Labute approximate surface area is 68.6 Å². The summed E-state index contributed by atoms with van der Waals surface area (Å²) in [5.41, 5.74) is 0. The first-order chi connectivity index (χ1) is 5.33. The Morgan fingerprint density at radius 1 is 1.27 bits per heavy atom. The second-order valence-corrected chi connectivity index (χ2v) is 3.18. The molecule has 0 amide bonds. The van der Waals surface area contributed by atoms with Gasteiger partial charge >= 0.3 is 0 Å². The lowest BCUT2D eigenvalue weighted by Gasteiger charge is -2.21. The molecule has 1 saturated heterocycles. The van der Waals surface area contributed by atoms with Gasteiger partial charge in [0.25, 0.3) is 0 Å². The van der Waals surface area contributed by atoms with Gasteiger partial charge in [-0.05, 0) is 32.5 Å². The molecule has 0 saturated carbocycles. The zero-order chi connectivity index (χ0) is 8.10. The molecule has 0 bridgehead atoms. The highest BCUT2D eigenvalue weighted by molar-refractivity contribution is 5.78. The van der Waals surface area contributed by atoms with E-state index in [0.717, 1.165) is 45.3 Å². The molecule has 11 heavy (non-hydrogen) atoms. The van der Waals surface area contributed by atoms with Gasteiger partial charge in [0.15, 0.2) is 0 Å². The maximum Gasteiger partial charge on any atom is 0.133 e. The molecule has 0 unspecified atom stereocenters. The van der Waals surface area contributed by atoms with Crippen LogP contribution in [0.3, 0.4) is 0 Å². The van der Waals surface area contributed by atoms with E-state index in [1.165, 1.54) is 0 Å². The monoisotopic (exact) mass is 155 g/mol. The van der Waals surface area contributed by atoms with Gasteiger partial charge in [-0.2, -0.15) is 0 Å². The molecule has 1 heterocycles. The number of carbonyl (C=O) groups is 1. The highest BCUT2D eigenvalue weighted by atomic mass is 16.1. The fourth-order valence-corrected chi connectivity index (χ4v) is 1.55. The molecule has 0 aliphatic carbocycles. The summed E-state index contributed by atoms with van der Waals surface area (Å²) in [7, 11) is 0. The van der Waals surface area contributed by atoms with E-state index in [2.05, 4.69) is 11.8 Å². The third-order valence-electron chi connectivity index (χ3n) is 2.31. The van der Waals surface area contributed by atoms with Crippen LogP contribution in [0.2, 0.25) is 0 Å². The molecular formula is C9H17NO. The topological polar surface area (TPSA) is 20.3 Å². The van der Waals surface area contributed by atoms with Crippen molar-refractivity contribution in [1.29, 1.82) is 0 Å². The number of ketones is 1. The largest absolute Gasteiger partial charge is 0.304 e. The maximum absolute atomic E-state index is 11.0. The Morgan fingerprint density at radius 3 is 2.27 bits per heavy atom. The summed E-state index contributed by atoms with van der Waals surface area (Å²) in [5.74, 6) is 0.459. The van der Waals surface area contributed by atoms with Gasteiger partial charge in [-0.3, -0.25) is 4.79 Å². The van der Waals surface area contributed by atoms with Gasteiger partial charge in [-0.15, -0.1) is 0 Å². The van der Waals surface area contributed by atoms with Crippen molar-refractivity contribution in [1.82, 2.24) is 4.90 Å². The second-order valence-electron chi connectivity index (χ2n) is 3.18. The second kappa shape index (κ2) is 4.50. The van der Waals surface area contributed by atoms with E-state index in [-0.39, 0.29) is 0 Å². The first kappa shape index (κ1) is 8.72. The van der Waals surface area contributed by atoms with Crippen LogP contribution in [0.15, 0.2) is 0 Å². The predicted octanol–water partition coefficient (Wildman–Crippen LogP) is 1.45. The van der Waals surface area contributed by atoms with Crippen molar-refractivity contribution in [2.45, 2.75) is 32.6 Å². The molecule has 1 fully saturated rings. The minimum Gasteiger partial charge on any atom is -0.304 e. The smallest absolute Gasteiger partial charge is 0.133 e. The number of nitrogens with zero attached hydrogens (tertiary/aromatic N) is 1. The summed E-state index contributed by atoms with van der Waals surface area (Å²) >= 11 is 0. The molecule has 1 aliphatic heterocycles. The van der Waals surface area contributed by atoms with Gasteiger partial charge in [0, 0.05) is 12.8 Å². The SMILES string of the molecule is CCN1CCCC(=O)CCC1. The molecular weight excluding hydrogens is 138 g/mol. The molecule has 2 nitrogen and oxygen atoms in total. The van der Waals surface area contributed by atoms with Gasteiger partial charge in [-0.1, -0.05) is 6.92 Å². The zero-order valence-corrected chi connectivity index (χ0v) is 7.31. The fourth-order valence-electron chi connectivity index (χ4n) is 1.55. The minimum absolute atomic E-state index is 0.459. The average Bonchev–Trinajstić information content (AvgIpc) is 1.96. The van der Waals surface area contributed by atoms with Crippen LogP contribution in [-0.2, 0) is 4.79 Å². The first-order valence-corrected chi connectivity index (χ1v) is 4.57. The van der Waals surface area contributed by atoms with Gasteiger partial charge < -0.3 is 4.90 Å². The van der Waals surface area contributed by atoms with Gasteiger partial charge in [0.2, 0.25) is 0 Å². The van der Waals surface area contributed by atoms with Crippen molar-refractivity contribution in [3.8, 4) is 0 Å². The van der Waals surface area contributed by atoms with Crippen molar-refractivity contribution < 1.29 is 4.79 Å². The molecule has 0 spiro atoms. The normalized spacial score (nSPS) is 22.8. The Balaban J connectivity index is 2.28. The lowest BCUT2D eigenvalue weighted by Crippen LogP contribution is -2.28. The highest BCUT2D eigenvalue weighted by Crippen LogP contribution is 2.06. The van der Waals surface area contributed by atoms with Crippen molar-refractivity contribution in [2.75, 3.05) is 19.6 Å². The molecule has 1 aliphatic rings. The van der Waals surface area contributed by atoms with Crippen LogP contribution < -0.4 is 0 Å². The third-order valence-corrected chi connectivity index (χ3v) is 2.31. The Hall–Kier alpha value is -0.370. The first-order valence-electron chi connectivity index (χ1n) is 4.57. The van der Waals surface area contributed by atoms with E-state index in [0.29, 0.717) is 5.78 Å². The Morgan fingerprint density at radius 2 is 1.82 bits per heavy atom. The molecule has 0 radical (unpaired) electrons. The van der Waals surface area contributed by atoms with Gasteiger partial charge in [-0.25, -0.2) is 0 Å². The van der Waals surface area contributed by atoms with Crippen molar-refractivity contribution >= 4 is 5.78 Å². The summed E-state index contributed by atoms with van der Waals surface area (Å²) in [5, 5.41) is 0. The lowest BCUT2D eigenvalue weighted by molar-refractivity contribution is -0.119. The van der Waals surface area contributed by atoms with Crippen LogP contribution in [0.4, 0.5) is 0 Å².